The molecule has 6 nitrogen and oxygen atoms in total. The number of anilines is 2. The van der Waals surface area contributed by atoms with E-state index >= 15 is 0 Å². The van der Waals surface area contributed by atoms with Gasteiger partial charge in [-0.1, -0.05) is 0 Å². The number of benzene rings is 3. The van der Waals surface area contributed by atoms with Gasteiger partial charge in [-0.25, -0.2) is 9.18 Å². The molecule has 140 valence electrons. The van der Waals surface area contributed by atoms with Crippen LogP contribution in [-0.2, 0) is 0 Å². The van der Waals surface area contributed by atoms with Gasteiger partial charge >= 0.3 is 5.97 Å². The molecule has 0 aliphatic carbocycles. The van der Waals surface area contributed by atoms with E-state index in [-0.39, 0.29) is 16.8 Å². The average molecular weight is 377 g/mol. The molecular formula is C21H16FN3O3. The molecular weight excluding hydrogens is 361 g/mol. The van der Waals surface area contributed by atoms with Gasteiger partial charge in [0.2, 0.25) is 0 Å². The van der Waals surface area contributed by atoms with E-state index in [9.17, 15) is 14.0 Å². The summed E-state index contributed by atoms with van der Waals surface area (Å²) in [5.41, 5.74) is 8.08. The molecule has 0 unspecified atom stereocenters. The van der Waals surface area contributed by atoms with Gasteiger partial charge in [0.15, 0.2) is 0 Å². The SMILES string of the molecule is N=C(c1ccc(F)cc1)c1cc(NC(=O)c2ccc(C(=O)O)cc2)ccc1N. The van der Waals surface area contributed by atoms with Crippen molar-refractivity contribution in [3.8, 4) is 0 Å². The molecule has 0 aliphatic rings. The van der Waals surface area contributed by atoms with E-state index in [1.54, 1.807) is 18.2 Å². The van der Waals surface area contributed by atoms with E-state index in [0.29, 0.717) is 22.5 Å². The Balaban J connectivity index is 1.82. The fraction of sp³-hybridized carbons (Fsp3) is 0. The zero-order chi connectivity index (χ0) is 20.3. The summed E-state index contributed by atoms with van der Waals surface area (Å²) in [7, 11) is 0. The minimum Gasteiger partial charge on any atom is -0.478 e. The van der Waals surface area contributed by atoms with Crippen molar-refractivity contribution in [2.24, 2.45) is 0 Å². The molecule has 1 amide bonds. The maximum absolute atomic E-state index is 13.1. The van der Waals surface area contributed by atoms with Gasteiger partial charge in [0, 0.05) is 28.1 Å². The molecule has 5 N–H and O–H groups in total. The van der Waals surface area contributed by atoms with Gasteiger partial charge in [-0.3, -0.25) is 10.2 Å². The standard InChI is InChI=1S/C21H16FN3O3/c22-15-7-5-12(6-8-15)19(24)17-11-16(9-10-18(17)23)25-20(26)13-1-3-14(4-2-13)21(27)28/h1-11,24H,23H2,(H,25,26)(H,27,28). The summed E-state index contributed by atoms with van der Waals surface area (Å²) in [5, 5.41) is 19.9. The number of hydrogen-bond acceptors (Lipinski definition) is 4. The van der Waals surface area contributed by atoms with E-state index in [1.165, 1.54) is 48.5 Å². The molecule has 0 fully saturated rings. The summed E-state index contributed by atoms with van der Waals surface area (Å²) < 4.78 is 13.1. The van der Waals surface area contributed by atoms with Crippen LogP contribution in [0, 0.1) is 11.2 Å². The number of halogens is 1. The molecule has 0 radical (unpaired) electrons. The third-order valence-corrected chi connectivity index (χ3v) is 4.11. The monoisotopic (exact) mass is 377 g/mol. The molecule has 3 aromatic rings. The van der Waals surface area contributed by atoms with Crippen LogP contribution < -0.4 is 11.1 Å². The van der Waals surface area contributed by atoms with Crippen molar-refractivity contribution in [1.29, 1.82) is 5.41 Å². The van der Waals surface area contributed by atoms with Gasteiger partial charge in [-0.2, -0.15) is 0 Å². The molecule has 0 aliphatic heterocycles. The fourth-order valence-corrected chi connectivity index (χ4v) is 2.59. The quantitative estimate of drug-likeness (QED) is 0.400. The van der Waals surface area contributed by atoms with Gasteiger partial charge in [0.05, 0.1) is 11.3 Å². The molecule has 28 heavy (non-hydrogen) atoms. The maximum atomic E-state index is 13.1. The van der Waals surface area contributed by atoms with E-state index in [4.69, 9.17) is 16.2 Å². The molecule has 0 atom stereocenters. The first-order chi connectivity index (χ1) is 13.3. The Bertz CT molecular complexity index is 1060. The number of nitrogen functional groups attached to an aromatic ring is 1. The number of nitrogens with two attached hydrogens (primary N) is 1. The largest absolute Gasteiger partial charge is 0.478 e. The van der Waals surface area contributed by atoms with Crippen LogP contribution in [0.2, 0.25) is 0 Å². The number of aromatic carboxylic acids is 1. The summed E-state index contributed by atoms with van der Waals surface area (Å²) in [4.78, 5) is 23.3. The van der Waals surface area contributed by atoms with Crippen LogP contribution in [0.4, 0.5) is 15.8 Å². The molecule has 0 saturated heterocycles. The molecule has 0 spiro atoms. The van der Waals surface area contributed by atoms with Gasteiger partial charge in [0.1, 0.15) is 5.82 Å². The Morgan fingerprint density at radius 1 is 0.893 bits per heavy atom. The van der Waals surface area contributed by atoms with Crippen molar-refractivity contribution in [3.05, 3.63) is 94.8 Å². The Kier molecular flexibility index (Phi) is 5.17. The normalized spacial score (nSPS) is 10.3. The van der Waals surface area contributed by atoms with Crippen molar-refractivity contribution in [2.75, 3.05) is 11.1 Å². The van der Waals surface area contributed by atoms with Crippen LogP contribution in [0.25, 0.3) is 0 Å². The van der Waals surface area contributed by atoms with Crippen molar-refractivity contribution in [3.63, 3.8) is 0 Å². The Labute approximate surface area is 159 Å². The number of carbonyl (C=O) groups excluding carboxylic acids is 1. The lowest BCUT2D eigenvalue weighted by Crippen LogP contribution is -2.13. The number of nitrogens with one attached hydrogen (secondary N) is 2. The third-order valence-electron chi connectivity index (χ3n) is 4.11. The zero-order valence-electron chi connectivity index (χ0n) is 14.6. The number of amides is 1. The zero-order valence-corrected chi connectivity index (χ0v) is 14.6. The smallest absolute Gasteiger partial charge is 0.335 e. The molecule has 3 rings (SSSR count). The lowest BCUT2D eigenvalue weighted by Gasteiger charge is -2.12. The molecule has 0 heterocycles. The van der Waals surface area contributed by atoms with Crippen molar-refractivity contribution < 1.29 is 19.1 Å². The average Bonchev–Trinajstić information content (AvgIpc) is 2.69. The Morgan fingerprint density at radius 2 is 1.46 bits per heavy atom. The summed E-state index contributed by atoms with van der Waals surface area (Å²) in [6.07, 6.45) is 0. The van der Waals surface area contributed by atoms with E-state index in [1.807, 2.05) is 0 Å². The number of carboxylic acids is 1. The van der Waals surface area contributed by atoms with Gasteiger partial charge in [-0.05, 0) is 66.7 Å². The first kappa shape index (κ1) is 18.8. The molecule has 0 bridgehead atoms. The topological polar surface area (TPSA) is 116 Å². The third kappa shape index (κ3) is 4.04. The highest BCUT2D eigenvalue weighted by atomic mass is 19.1. The molecule has 3 aromatic carbocycles. The van der Waals surface area contributed by atoms with Crippen LogP contribution in [0.3, 0.4) is 0 Å². The first-order valence-electron chi connectivity index (χ1n) is 8.24. The predicted octanol–water partition coefficient (Wildman–Crippen LogP) is 3.77. The lowest BCUT2D eigenvalue weighted by atomic mass is 10.00. The summed E-state index contributed by atoms with van der Waals surface area (Å²) in [5.74, 6) is -1.91. The maximum Gasteiger partial charge on any atom is 0.335 e. The van der Waals surface area contributed by atoms with Gasteiger partial charge < -0.3 is 16.2 Å². The van der Waals surface area contributed by atoms with Crippen molar-refractivity contribution >= 4 is 29.0 Å². The van der Waals surface area contributed by atoms with Crippen LogP contribution in [0.15, 0.2) is 66.7 Å². The lowest BCUT2D eigenvalue weighted by molar-refractivity contribution is 0.0696. The van der Waals surface area contributed by atoms with E-state index in [0.717, 1.165) is 0 Å². The molecule has 0 saturated carbocycles. The number of carboxylic acid groups (broad SMARTS) is 1. The number of carbonyl (C=O) groups is 2. The second-order valence-electron chi connectivity index (χ2n) is 6.02. The molecule has 7 heteroatoms. The highest BCUT2D eigenvalue weighted by Gasteiger charge is 2.12. The summed E-state index contributed by atoms with van der Waals surface area (Å²) in [6, 6.07) is 15.7. The fourth-order valence-electron chi connectivity index (χ4n) is 2.59. The van der Waals surface area contributed by atoms with Gasteiger partial charge in [0.25, 0.3) is 5.91 Å². The first-order valence-corrected chi connectivity index (χ1v) is 8.24. The number of hydrogen-bond donors (Lipinski definition) is 4. The second-order valence-corrected chi connectivity index (χ2v) is 6.02. The minimum atomic E-state index is -1.07. The summed E-state index contributed by atoms with van der Waals surface area (Å²) >= 11 is 0. The highest BCUT2D eigenvalue weighted by molar-refractivity contribution is 6.15. The molecule has 0 aromatic heterocycles. The van der Waals surface area contributed by atoms with E-state index < -0.39 is 17.7 Å². The second kappa shape index (κ2) is 7.71. The van der Waals surface area contributed by atoms with Crippen LogP contribution in [-0.4, -0.2) is 22.7 Å². The van der Waals surface area contributed by atoms with Gasteiger partial charge in [-0.15, -0.1) is 0 Å². The Morgan fingerprint density at radius 3 is 2.07 bits per heavy atom. The van der Waals surface area contributed by atoms with Crippen molar-refractivity contribution in [2.45, 2.75) is 0 Å². The highest BCUT2D eigenvalue weighted by Crippen LogP contribution is 2.22. The van der Waals surface area contributed by atoms with E-state index in [2.05, 4.69) is 5.32 Å². The Hall–Kier alpha value is -4.00. The van der Waals surface area contributed by atoms with Crippen LogP contribution in [0.1, 0.15) is 31.8 Å². The van der Waals surface area contributed by atoms with Crippen LogP contribution >= 0.6 is 0 Å². The van der Waals surface area contributed by atoms with Crippen molar-refractivity contribution in [1.82, 2.24) is 0 Å². The predicted molar refractivity (Wildman–Crippen MR) is 105 cm³/mol. The summed E-state index contributed by atoms with van der Waals surface area (Å²) in [6.45, 7) is 0. The van der Waals surface area contributed by atoms with Crippen LogP contribution in [0.5, 0.6) is 0 Å². The number of rotatable bonds is 5. The minimum absolute atomic E-state index is 0.0825.